The van der Waals surface area contributed by atoms with Crippen LogP contribution >= 0.6 is 12.4 Å². The molecule has 23 heavy (non-hydrogen) atoms. The third-order valence-electron chi connectivity index (χ3n) is 3.77. The number of nitrogens with zero attached hydrogens (tertiary/aromatic N) is 1. The van der Waals surface area contributed by atoms with Gasteiger partial charge in [-0.3, -0.25) is 9.69 Å². The van der Waals surface area contributed by atoms with E-state index in [0.29, 0.717) is 25.2 Å². The molecular weight excluding hydrogens is 331 g/mol. The minimum Gasteiger partial charge on any atom is -0.355 e. The van der Waals surface area contributed by atoms with E-state index in [2.05, 4.69) is 5.32 Å². The van der Waals surface area contributed by atoms with Gasteiger partial charge in [0.25, 0.3) is 0 Å². The van der Waals surface area contributed by atoms with Crippen LogP contribution in [0.25, 0.3) is 0 Å². The molecule has 0 radical (unpaired) electrons. The molecule has 1 aromatic rings. The van der Waals surface area contributed by atoms with Crippen LogP contribution in [-0.4, -0.2) is 37.0 Å². The number of halogens is 4. The zero-order valence-corrected chi connectivity index (χ0v) is 13.5. The zero-order chi connectivity index (χ0) is 16.1. The van der Waals surface area contributed by atoms with E-state index in [1.807, 2.05) is 4.90 Å². The second-order valence-electron chi connectivity index (χ2n) is 5.53. The predicted octanol–water partition coefficient (Wildman–Crippen LogP) is 1.81. The maximum absolute atomic E-state index is 13.2. The molecular formula is C15H21ClF3N3O. The van der Waals surface area contributed by atoms with Gasteiger partial charge in [0.2, 0.25) is 5.91 Å². The molecule has 0 spiro atoms. The van der Waals surface area contributed by atoms with Crippen molar-refractivity contribution in [2.45, 2.75) is 19.4 Å². The Hall–Kier alpha value is -1.31. The fraction of sp³-hybridized carbons (Fsp3) is 0.533. The summed E-state index contributed by atoms with van der Waals surface area (Å²) < 4.78 is 39.4. The molecule has 1 atom stereocenters. The molecule has 8 heteroatoms. The van der Waals surface area contributed by atoms with Crippen LogP contribution in [0.1, 0.15) is 18.4 Å². The van der Waals surface area contributed by atoms with Gasteiger partial charge in [0.1, 0.15) is 0 Å². The van der Waals surface area contributed by atoms with E-state index in [1.165, 1.54) is 0 Å². The minimum atomic E-state index is -1.46. The van der Waals surface area contributed by atoms with E-state index in [9.17, 15) is 18.0 Å². The topological polar surface area (TPSA) is 58.4 Å². The summed E-state index contributed by atoms with van der Waals surface area (Å²) in [5.41, 5.74) is 5.71. The molecule has 130 valence electrons. The van der Waals surface area contributed by atoms with Gasteiger partial charge >= 0.3 is 0 Å². The van der Waals surface area contributed by atoms with Crippen LogP contribution in [0.2, 0.25) is 0 Å². The van der Waals surface area contributed by atoms with Crippen molar-refractivity contribution in [2.75, 3.05) is 26.2 Å². The van der Waals surface area contributed by atoms with Crippen molar-refractivity contribution in [2.24, 2.45) is 11.7 Å². The molecule has 4 nitrogen and oxygen atoms in total. The molecule has 1 fully saturated rings. The average molecular weight is 352 g/mol. The second kappa shape index (κ2) is 9.10. The van der Waals surface area contributed by atoms with Gasteiger partial charge in [0.15, 0.2) is 17.5 Å². The summed E-state index contributed by atoms with van der Waals surface area (Å²) in [5.74, 6) is -4.04. The van der Waals surface area contributed by atoms with Crippen LogP contribution in [-0.2, 0) is 11.3 Å². The zero-order valence-electron chi connectivity index (χ0n) is 12.7. The Morgan fingerprint density at radius 3 is 2.57 bits per heavy atom. The minimum absolute atomic E-state index is 0. The number of benzene rings is 1. The first-order valence-electron chi connectivity index (χ1n) is 7.34. The molecule has 1 heterocycles. The monoisotopic (exact) mass is 351 g/mol. The number of hydrogen-bond acceptors (Lipinski definition) is 3. The van der Waals surface area contributed by atoms with Gasteiger partial charge in [0.05, 0.1) is 5.92 Å². The van der Waals surface area contributed by atoms with Crippen LogP contribution in [0, 0.1) is 23.4 Å². The molecule has 0 aromatic heterocycles. The first kappa shape index (κ1) is 19.7. The highest BCUT2D eigenvalue weighted by Crippen LogP contribution is 2.20. The first-order chi connectivity index (χ1) is 10.5. The van der Waals surface area contributed by atoms with E-state index in [1.54, 1.807) is 0 Å². The largest absolute Gasteiger partial charge is 0.355 e. The molecule has 1 saturated heterocycles. The molecule has 0 bridgehead atoms. The van der Waals surface area contributed by atoms with E-state index >= 15 is 0 Å². The summed E-state index contributed by atoms with van der Waals surface area (Å²) in [4.78, 5) is 13.9. The number of carbonyl (C=O) groups is 1. The Bertz CT molecular complexity index is 522. The quantitative estimate of drug-likeness (QED) is 0.795. The van der Waals surface area contributed by atoms with Gasteiger partial charge in [-0.05, 0) is 37.1 Å². The lowest BCUT2D eigenvalue weighted by Gasteiger charge is -2.32. The lowest BCUT2D eigenvalue weighted by Crippen LogP contribution is -2.43. The molecule has 0 saturated carbocycles. The molecule has 1 amide bonds. The Morgan fingerprint density at radius 2 is 1.96 bits per heavy atom. The highest BCUT2D eigenvalue weighted by molar-refractivity contribution is 5.85. The average Bonchev–Trinajstić information content (AvgIpc) is 2.50. The number of piperidine rings is 1. The summed E-state index contributed by atoms with van der Waals surface area (Å²) in [6.45, 7) is 2.35. The molecule has 1 unspecified atom stereocenters. The lowest BCUT2D eigenvalue weighted by molar-refractivity contribution is -0.126. The molecule has 3 N–H and O–H groups in total. The fourth-order valence-electron chi connectivity index (χ4n) is 2.71. The van der Waals surface area contributed by atoms with Crippen molar-refractivity contribution in [3.63, 3.8) is 0 Å². The predicted molar refractivity (Wildman–Crippen MR) is 83.6 cm³/mol. The van der Waals surface area contributed by atoms with Gasteiger partial charge in [-0.2, -0.15) is 0 Å². The van der Waals surface area contributed by atoms with Crippen LogP contribution in [0.4, 0.5) is 13.2 Å². The van der Waals surface area contributed by atoms with E-state index < -0.39 is 17.5 Å². The second-order valence-corrected chi connectivity index (χ2v) is 5.53. The van der Waals surface area contributed by atoms with Crippen molar-refractivity contribution in [3.05, 3.63) is 35.1 Å². The highest BCUT2D eigenvalue weighted by atomic mass is 35.5. The Kier molecular flexibility index (Phi) is 7.81. The Morgan fingerprint density at radius 1 is 1.30 bits per heavy atom. The number of nitrogens with one attached hydrogen (secondary N) is 1. The third-order valence-corrected chi connectivity index (χ3v) is 3.77. The maximum atomic E-state index is 13.2. The van der Waals surface area contributed by atoms with Crippen molar-refractivity contribution in [1.29, 1.82) is 0 Å². The van der Waals surface area contributed by atoms with Gasteiger partial charge < -0.3 is 11.1 Å². The van der Waals surface area contributed by atoms with Crippen LogP contribution in [0.5, 0.6) is 0 Å². The van der Waals surface area contributed by atoms with Crippen molar-refractivity contribution >= 4 is 18.3 Å². The Balaban J connectivity index is 0.00000264. The molecule has 1 aliphatic rings. The van der Waals surface area contributed by atoms with Gasteiger partial charge in [-0.25, -0.2) is 13.2 Å². The van der Waals surface area contributed by atoms with E-state index in [0.717, 1.165) is 31.5 Å². The number of nitrogens with two attached hydrogens (primary N) is 1. The van der Waals surface area contributed by atoms with Gasteiger partial charge in [-0.15, -0.1) is 12.4 Å². The van der Waals surface area contributed by atoms with Crippen LogP contribution in [0.3, 0.4) is 0 Å². The Labute approximate surface area is 139 Å². The normalized spacial score (nSPS) is 18.3. The summed E-state index contributed by atoms with van der Waals surface area (Å²) in [7, 11) is 0. The van der Waals surface area contributed by atoms with Crippen molar-refractivity contribution in [3.8, 4) is 0 Å². The van der Waals surface area contributed by atoms with Crippen molar-refractivity contribution in [1.82, 2.24) is 10.2 Å². The number of hydrogen-bond donors (Lipinski definition) is 2. The van der Waals surface area contributed by atoms with Crippen LogP contribution in [0.15, 0.2) is 12.1 Å². The molecule has 1 aromatic carbocycles. The number of likely N-dealkylation sites (tertiary alicyclic amines) is 1. The van der Waals surface area contributed by atoms with E-state index in [-0.39, 0.29) is 30.8 Å². The fourth-order valence-corrected chi connectivity index (χ4v) is 2.71. The summed E-state index contributed by atoms with van der Waals surface area (Å²) in [6.07, 6.45) is 1.60. The summed E-state index contributed by atoms with van der Waals surface area (Å²) in [6, 6.07) is 1.99. The third kappa shape index (κ3) is 5.37. The van der Waals surface area contributed by atoms with Crippen molar-refractivity contribution < 1.29 is 18.0 Å². The molecule has 1 aliphatic heterocycles. The molecule has 2 rings (SSSR count). The number of amides is 1. The number of rotatable bonds is 5. The number of carbonyl (C=O) groups excluding carboxylic acids is 1. The van der Waals surface area contributed by atoms with Crippen LogP contribution < -0.4 is 11.1 Å². The molecule has 0 aliphatic carbocycles. The summed E-state index contributed by atoms with van der Waals surface area (Å²) >= 11 is 0. The van der Waals surface area contributed by atoms with E-state index in [4.69, 9.17) is 5.73 Å². The standard InChI is InChI=1S/C15H20F3N3O.ClH/c16-12-6-10(7-13(17)14(12)18)8-21-5-1-2-11(9-21)15(22)20-4-3-19;/h6-7,11H,1-5,8-9,19H2,(H,20,22);1H. The van der Waals surface area contributed by atoms with Gasteiger partial charge in [0, 0.05) is 26.2 Å². The first-order valence-corrected chi connectivity index (χ1v) is 7.34. The maximum Gasteiger partial charge on any atom is 0.224 e. The lowest BCUT2D eigenvalue weighted by atomic mass is 9.96. The smallest absolute Gasteiger partial charge is 0.224 e. The SMILES string of the molecule is Cl.NCCNC(=O)C1CCCN(Cc2cc(F)c(F)c(F)c2)C1. The highest BCUT2D eigenvalue weighted by Gasteiger charge is 2.25. The summed E-state index contributed by atoms with van der Waals surface area (Å²) in [5, 5.41) is 2.75. The van der Waals surface area contributed by atoms with Gasteiger partial charge in [-0.1, -0.05) is 0 Å².